The zero-order valence-electron chi connectivity index (χ0n) is 13.5. The number of oxazole rings is 1. The van der Waals surface area contributed by atoms with Gasteiger partial charge < -0.3 is 14.7 Å². The molecule has 6 nitrogen and oxygen atoms in total. The standard InChI is InChI=1S/C19H15N3O3/c1-2-17-22-15-9-11(7-8-16(15)25-17)21-19(24)13-10-20-14-6-4-3-5-12(14)18(13)23/h3-10H,2H2,1H3,(H,20,23)(H,21,24). The average Bonchev–Trinajstić information content (AvgIpc) is 3.04. The summed E-state index contributed by atoms with van der Waals surface area (Å²) in [4.78, 5) is 32.3. The molecule has 0 spiro atoms. The summed E-state index contributed by atoms with van der Waals surface area (Å²) in [7, 11) is 0. The molecule has 124 valence electrons. The number of aromatic nitrogens is 2. The number of benzene rings is 2. The second-order valence-electron chi connectivity index (χ2n) is 5.67. The van der Waals surface area contributed by atoms with Gasteiger partial charge >= 0.3 is 0 Å². The van der Waals surface area contributed by atoms with Crippen LogP contribution in [-0.2, 0) is 6.42 Å². The lowest BCUT2D eigenvalue weighted by Crippen LogP contribution is -2.21. The SMILES string of the molecule is CCc1nc2cc(NC(=O)c3c[nH]c4ccccc4c3=O)ccc2o1. The van der Waals surface area contributed by atoms with Gasteiger partial charge in [-0.1, -0.05) is 19.1 Å². The number of carbonyl (C=O) groups excluding carboxylic acids is 1. The molecule has 1 amide bonds. The summed E-state index contributed by atoms with van der Waals surface area (Å²) in [5.74, 6) is 0.176. The Morgan fingerprint density at radius 1 is 1.24 bits per heavy atom. The Morgan fingerprint density at radius 3 is 2.92 bits per heavy atom. The van der Waals surface area contributed by atoms with Crippen molar-refractivity contribution in [3.63, 3.8) is 0 Å². The monoisotopic (exact) mass is 333 g/mol. The molecule has 2 N–H and O–H groups in total. The van der Waals surface area contributed by atoms with Crippen molar-refractivity contribution in [1.82, 2.24) is 9.97 Å². The molecule has 25 heavy (non-hydrogen) atoms. The Bertz CT molecular complexity index is 1160. The van der Waals surface area contributed by atoms with Gasteiger partial charge in [-0.25, -0.2) is 4.98 Å². The number of aromatic amines is 1. The number of hydrogen-bond acceptors (Lipinski definition) is 4. The molecule has 0 unspecified atom stereocenters. The van der Waals surface area contributed by atoms with E-state index in [0.29, 0.717) is 40.0 Å². The zero-order chi connectivity index (χ0) is 17.4. The van der Waals surface area contributed by atoms with Gasteiger partial charge in [-0.05, 0) is 30.3 Å². The first-order valence-corrected chi connectivity index (χ1v) is 7.97. The van der Waals surface area contributed by atoms with E-state index in [2.05, 4.69) is 15.3 Å². The van der Waals surface area contributed by atoms with Crippen molar-refractivity contribution < 1.29 is 9.21 Å². The molecule has 0 aliphatic rings. The molecule has 0 aliphatic carbocycles. The maximum Gasteiger partial charge on any atom is 0.261 e. The molecule has 0 bridgehead atoms. The highest BCUT2D eigenvalue weighted by molar-refractivity contribution is 6.06. The molecule has 2 aromatic carbocycles. The van der Waals surface area contributed by atoms with E-state index in [1.165, 1.54) is 6.20 Å². The van der Waals surface area contributed by atoms with E-state index in [1.807, 2.05) is 13.0 Å². The second kappa shape index (κ2) is 5.90. The van der Waals surface area contributed by atoms with Gasteiger partial charge in [-0.3, -0.25) is 9.59 Å². The summed E-state index contributed by atoms with van der Waals surface area (Å²) in [6.07, 6.45) is 2.13. The summed E-state index contributed by atoms with van der Waals surface area (Å²) in [6, 6.07) is 12.3. The van der Waals surface area contributed by atoms with Gasteiger partial charge in [0.15, 0.2) is 11.5 Å². The van der Waals surface area contributed by atoms with Crippen LogP contribution in [0.5, 0.6) is 0 Å². The highest BCUT2D eigenvalue weighted by Gasteiger charge is 2.14. The van der Waals surface area contributed by atoms with Crippen LogP contribution in [0.15, 0.2) is 57.9 Å². The molecule has 4 rings (SSSR count). The van der Waals surface area contributed by atoms with Crippen LogP contribution in [0.2, 0.25) is 0 Å². The predicted octanol–water partition coefficient (Wildman–Crippen LogP) is 3.48. The van der Waals surface area contributed by atoms with Gasteiger partial charge in [-0.15, -0.1) is 0 Å². The summed E-state index contributed by atoms with van der Waals surface area (Å²) < 4.78 is 5.55. The lowest BCUT2D eigenvalue weighted by Gasteiger charge is -2.05. The van der Waals surface area contributed by atoms with E-state index < -0.39 is 5.91 Å². The van der Waals surface area contributed by atoms with E-state index in [9.17, 15) is 9.59 Å². The lowest BCUT2D eigenvalue weighted by atomic mass is 10.1. The lowest BCUT2D eigenvalue weighted by molar-refractivity contribution is 0.102. The number of H-pyrrole nitrogens is 1. The fourth-order valence-electron chi connectivity index (χ4n) is 2.74. The zero-order valence-corrected chi connectivity index (χ0v) is 13.5. The molecule has 0 atom stereocenters. The van der Waals surface area contributed by atoms with E-state index >= 15 is 0 Å². The van der Waals surface area contributed by atoms with Gasteiger partial charge in [0.1, 0.15) is 11.1 Å². The normalized spacial score (nSPS) is 11.1. The maximum absolute atomic E-state index is 12.5. The first kappa shape index (κ1) is 15.1. The largest absolute Gasteiger partial charge is 0.441 e. The smallest absolute Gasteiger partial charge is 0.261 e. The Labute approximate surface area is 142 Å². The average molecular weight is 333 g/mol. The van der Waals surface area contributed by atoms with Crippen LogP contribution in [0, 0.1) is 0 Å². The third kappa shape index (κ3) is 2.67. The Kier molecular flexibility index (Phi) is 3.57. The molecule has 6 heteroatoms. The minimum Gasteiger partial charge on any atom is -0.441 e. The summed E-state index contributed by atoms with van der Waals surface area (Å²) in [6.45, 7) is 1.96. The highest BCUT2D eigenvalue weighted by Crippen LogP contribution is 2.20. The molecular formula is C19H15N3O3. The third-order valence-corrected chi connectivity index (χ3v) is 4.03. The third-order valence-electron chi connectivity index (χ3n) is 4.03. The van der Waals surface area contributed by atoms with Crippen molar-refractivity contribution in [2.24, 2.45) is 0 Å². The van der Waals surface area contributed by atoms with E-state index in [-0.39, 0.29) is 11.0 Å². The number of pyridine rings is 1. The molecule has 0 fully saturated rings. The van der Waals surface area contributed by atoms with Gasteiger partial charge in [0.2, 0.25) is 5.43 Å². The van der Waals surface area contributed by atoms with Crippen molar-refractivity contribution in [2.75, 3.05) is 5.32 Å². The van der Waals surface area contributed by atoms with E-state index in [4.69, 9.17) is 4.42 Å². The molecule has 2 heterocycles. The first-order valence-electron chi connectivity index (χ1n) is 7.97. The van der Waals surface area contributed by atoms with Gasteiger partial charge in [0.25, 0.3) is 5.91 Å². The summed E-state index contributed by atoms with van der Waals surface area (Å²) in [5, 5.41) is 3.22. The van der Waals surface area contributed by atoms with Crippen LogP contribution in [0.1, 0.15) is 23.2 Å². The predicted molar refractivity (Wildman–Crippen MR) is 95.9 cm³/mol. The van der Waals surface area contributed by atoms with Crippen LogP contribution in [0.25, 0.3) is 22.0 Å². The fourth-order valence-corrected chi connectivity index (χ4v) is 2.74. The number of carbonyl (C=O) groups is 1. The molecule has 0 saturated carbocycles. The number of anilines is 1. The summed E-state index contributed by atoms with van der Waals surface area (Å²) in [5.41, 5.74) is 2.34. The number of aryl methyl sites for hydroxylation is 1. The van der Waals surface area contributed by atoms with Crippen molar-refractivity contribution in [3.05, 3.63) is 70.3 Å². The van der Waals surface area contributed by atoms with Gasteiger partial charge in [-0.2, -0.15) is 0 Å². The number of fused-ring (bicyclic) bond motifs is 2. The molecule has 0 aliphatic heterocycles. The van der Waals surface area contributed by atoms with Crippen LogP contribution in [0.4, 0.5) is 5.69 Å². The number of nitrogens with zero attached hydrogens (tertiary/aromatic N) is 1. The summed E-state index contributed by atoms with van der Waals surface area (Å²) >= 11 is 0. The van der Waals surface area contributed by atoms with Crippen LogP contribution >= 0.6 is 0 Å². The minimum absolute atomic E-state index is 0.0631. The second-order valence-corrected chi connectivity index (χ2v) is 5.67. The van der Waals surface area contributed by atoms with Crippen LogP contribution in [-0.4, -0.2) is 15.9 Å². The van der Waals surface area contributed by atoms with Crippen LogP contribution < -0.4 is 10.7 Å². The maximum atomic E-state index is 12.5. The van der Waals surface area contributed by atoms with Crippen molar-refractivity contribution in [1.29, 1.82) is 0 Å². The van der Waals surface area contributed by atoms with Crippen molar-refractivity contribution in [2.45, 2.75) is 13.3 Å². The molecule has 0 radical (unpaired) electrons. The van der Waals surface area contributed by atoms with Crippen molar-refractivity contribution >= 4 is 33.6 Å². The molecule has 2 aromatic heterocycles. The quantitative estimate of drug-likeness (QED) is 0.601. The van der Waals surface area contributed by atoms with E-state index in [0.717, 1.165) is 0 Å². The van der Waals surface area contributed by atoms with Crippen LogP contribution in [0.3, 0.4) is 0 Å². The Hall–Kier alpha value is -3.41. The van der Waals surface area contributed by atoms with Gasteiger partial charge in [0, 0.05) is 29.2 Å². The number of rotatable bonds is 3. The van der Waals surface area contributed by atoms with E-state index in [1.54, 1.807) is 36.4 Å². The molecular weight excluding hydrogens is 318 g/mol. The number of hydrogen-bond donors (Lipinski definition) is 2. The number of nitrogens with one attached hydrogen (secondary N) is 2. The Balaban J connectivity index is 1.68. The number of amides is 1. The van der Waals surface area contributed by atoms with Gasteiger partial charge in [0.05, 0.1) is 0 Å². The molecule has 4 aromatic rings. The fraction of sp³-hybridized carbons (Fsp3) is 0.105. The van der Waals surface area contributed by atoms with Crippen molar-refractivity contribution in [3.8, 4) is 0 Å². The highest BCUT2D eigenvalue weighted by atomic mass is 16.3. The Morgan fingerprint density at radius 2 is 2.08 bits per heavy atom. The molecule has 0 saturated heterocycles. The minimum atomic E-state index is -0.467. The first-order chi connectivity index (χ1) is 12.2. The topological polar surface area (TPSA) is 88.0 Å². The number of para-hydroxylation sites is 1.